The third-order valence-corrected chi connectivity index (χ3v) is 5.29. The van der Waals surface area contributed by atoms with Crippen LogP contribution < -0.4 is 10.6 Å². The summed E-state index contributed by atoms with van der Waals surface area (Å²) in [6.45, 7) is 0.827. The number of imidazole rings is 2. The van der Waals surface area contributed by atoms with E-state index in [4.69, 9.17) is 0 Å². The minimum Gasteiger partial charge on any atom is -0.348 e. The van der Waals surface area contributed by atoms with Gasteiger partial charge in [0.15, 0.2) is 0 Å². The van der Waals surface area contributed by atoms with Crippen LogP contribution in [0.25, 0.3) is 22.1 Å². The molecule has 0 bridgehead atoms. The van der Waals surface area contributed by atoms with Crippen LogP contribution >= 0.6 is 0 Å². The molecule has 0 saturated carbocycles. The highest BCUT2D eigenvalue weighted by molar-refractivity contribution is 5.98. The van der Waals surface area contributed by atoms with Crippen molar-refractivity contribution in [2.45, 2.75) is 13.1 Å². The number of hydrogen-bond acceptors (Lipinski definition) is 4. The van der Waals surface area contributed by atoms with E-state index >= 15 is 0 Å². The highest BCUT2D eigenvalue weighted by atomic mass is 16.2. The molecule has 8 nitrogen and oxygen atoms in total. The molecule has 0 aliphatic rings. The van der Waals surface area contributed by atoms with Gasteiger partial charge in [0.25, 0.3) is 11.8 Å². The Morgan fingerprint density at radius 2 is 1.09 bits per heavy atom. The lowest BCUT2D eigenvalue weighted by Crippen LogP contribution is -2.23. The van der Waals surface area contributed by atoms with Crippen LogP contribution in [0.2, 0.25) is 0 Å². The summed E-state index contributed by atoms with van der Waals surface area (Å²) in [7, 11) is 0. The standard InChI is InChI=1S/C24H20N6O2/c31-23(17-5-7-19-21(9-17)29-13-27-19)25-11-15-1-2-16(4-3-15)12-26-24(32)18-6-8-20-22(10-18)30-14-28-20/h1-10,13-14H,11-12H2,(H,25,31)(H,26,32)(H,27,29)(H,28,30). The van der Waals surface area contributed by atoms with Crippen molar-refractivity contribution in [1.82, 2.24) is 30.6 Å². The van der Waals surface area contributed by atoms with Crippen LogP contribution in [0.3, 0.4) is 0 Å². The van der Waals surface area contributed by atoms with Gasteiger partial charge in [0.05, 0.1) is 34.7 Å². The molecule has 5 aromatic rings. The Labute approximate surface area is 183 Å². The van der Waals surface area contributed by atoms with E-state index in [-0.39, 0.29) is 11.8 Å². The van der Waals surface area contributed by atoms with Gasteiger partial charge in [-0.1, -0.05) is 24.3 Å². The van der Waals surface area contributed by atoms with Gasteiger partial charge >= 0.3 is 0 Å². The Balaban J connectivity index is 1.15. The zero-order valence-electron chi connectivity index (χ0n) is 17.1. The number of rotatable bonds is 6. The lowest BCUT2D eigenvalue weighted by Gasteiger charge is -2.08. The number of aromatic amines is 2. The number of hydrogen-bond donors (Lipinski definition) is 4. The van der Waals surface area contributed by atoms with Gasteiger partial charge in [0.1, 0.15) is 0 Å². The molecule has 158 valence electrons. The van der Waals surface area contributed by atoms with E-state index in [1.54, 1.807) is 36.9 Å². The molecular formula is C24H20N6O2. The molecule has 0 fully saturated rings. The number of carbonyl (C=O) groups excluding carboxylic acids is 2. The molecule has 2 heterocycles. The molecule has 0 atom stereocenters. The number of fused-ring (bicyclic) bond motifs is 2. The monoisotopic (exact) mass is 424 g/mol. The minimum absolute atomic E-state index is 0.146. The largest absolute Gasteiger partial charge is 0.348 e. The summed E-state index contributed by atoms with van der Waals surface area (Å²) in [5, 5.41) is 5.85. The van der Waals surface area contributed by atoms with Gasteiger partial charge < -0.3 is 20.6 Å². The average molecular weight is 424 g/mol. The second kappa shape index (κ2) is 8.35. The van der Waals surface area contributed by atoms with Crippen molar-refractivity contribution in [2.24, 2.45) is 0 Å². The summed E-state index contributed by atoms with van der Waals surface area (Å²) >= 11 is 0. The van der Waals surface area contributed by atoms with E-state index in [9.17, 15) is 9.59 Å². The first kappa shape index (κ1) is 19.5. The van der Waals surface area contributed by atoms with Crippen LogP contribution in [0.4, 0.5) is 0 Å². The number of H-pyrrole nitrogens is 2. The average Bonchev–Trinajstić information content (AvgIpc) is 3.49. The summed E-state index contributed by atoms with van der Waals surface area (Å²) in [6.07, 6.45) is 3.21. The Bertz CT molecular complexity index is 1310. The fraction of sp³-hybridized carbons (Fsp3) is 0.0833. The lowest BCUT2D eigenvalue weighted by atomic mass is 10.1. The summed E-state index contributed by atoms with van der Waals surface area (Å²) < 4.78 is 0. The van der Waals surface area contributed by atoms with Crippen LogP contribution in [0.5, 0.6) is 0 Å². The van der Waals surface area contributed by atoms with Crippen molar-refractivity contribution in [2.75, 3.05) is 0 Å². The summed E-state index contributed by atoms with van der Waals surface area (Å²) in [6, 6.07) is 18.5. The molecule has 0 spiro atoms. The first-order valence-electron chi connectivity index (χ1n) is 10.2. The predicted molar refractivity (Wildman–Crippen MR) is 121 cm³/mol. The third-order valence-electron chi connectivity index (χ3n) is 5.29. The van der Waals surface area contributed by atoms with Gasteiger partial charge in [-0.2, -0.15) is 0 Å². The molecule has 4 N–H and O–H groups in total. The van der Waals surface area contributed by atoms with Crippen molar-refractivity contribution in [3.63, 3.8) is 0 Å². The van der Waals surface area contributed by atoms with E-state index in [0.717, 1.165) is 33.2 Å². The van der Waals surface area contributed by atoms with Crippen molar-refractivity contribution in [3.8, 4) is 0 Å². The van der Waals surface area contributed by atoms with Crippen LogP contribution in [0, 0.1) is 0 Å². The van der Waals surface area contributed by atoms with Crippen molar-refractivity contribution >= 4 is 33.9 Å². The summed E-state index contributed by atoms with van der Waals surface area (Å²) in [5.41, 5.74) is 6.41. The maximum Gasteiger partial charge on any atom is 0.251 e. The molecule has 0 unspecified atom stereocenters. The predicted octanol–water partition coefficient (Wildman–Crippen LogP) is 3.30. The fourth-order valence-electron chi connectivity index (χ4n) is 3.50. The molecule has 32 heavy (non-hydrogen) atoms. The van der Waals surface area contributed by atoms with Gasteiger partial charge in [-0.05, 0) is 47.5 Å². The van der Waals surface area contributed by atoms with E-state index in [2.05, 4.69) is 30.6 Å². The van der Waals surface area contributed by atoms with Gasteiger partial charge in [-0.15, -0.1) is 0 Å². The Morgan fingerprint density at radius 1 is 0.656 bits per heavy atom. The van der Waals surface area contributed by atoms with E-state index < -0.39 is 0 Å². The molecular weight excluding hydrogens is 404 g/mol. The van der Waals surface area contributed by atoms with E-state index in [1.165, 1.54) is 0 Å². The number of amides is 2. The third kappa shape index (κ3) is 4.06. The quantitative estimate of drug-likeness (QED) is 0.335. The lowest BCUT2D eigenvalue weighted by molar-refractivity contribution is 0.0942. The van der Waals surface area contributed by atoms with E-state index in [0.29, 0.717) is 24.2 Å². The maximum absolute atomic E-state index is 12.4. The molecule has 5 rings (SSSR count). The van der Waals surface area contributed by atoms with Crippen LogP contribution in [-0.2, 0) is 13.1 Å². The maximum atomic E-state index is 12.4. The Morgan fingerprint density at radius 3 is 1.53 bits per heavy atom. The Kier molecular flexibility index (Phi) is 5.09. The number of nitrogens with one attached hydrogen (secondary N) is 4. The van der Waals surface area contributed by atoms with Crippen LogP contribution in [-0.4, -0.2) is 31.8 Å². The molecule has 0 radical (unpaired) electrons. The topological polar surface area (TPSA) is 116 Å². The van der Waals surface area contributed by atoms with Crippen molar-refractivity contribution in [1.29, 1.82) is 0 Å². The van der Waals surface area contributed by atoms with Crippen molar-refractivity contribution < 1.29 is 9.59 Å². The molecule has 2 amide bonds. The zero-order chi connectivity index (χ0) is 21.9. The van der Waals surface area contributed by atoms with Gasteiger partial charge in [-0.3, -0.25) is 9.59 Å². The van der Waals surface area contributed by atoms with Crippen LogP contribution in [0.1, 0.15) is 31.8 Å². The molecule has 0 aliphatic heterocycles. The first-order chi connectivity index (χ1) is 15.7. The molecule has 0 saturated heterocycles. The SMILES string of the molecule is O=C(NCc1ccc(CNC(=O)c2ccc3nc[nH]c3c2)cc1)c1ccc2nc[nH]c2c1. The number of aromatic nitrogens is 4. The normalized spacial score (nSPS) is 11.0. The van der Waals surface area contributed by atoms with Crippen LogP contribution in [0.15, 0.2) is 73.3 Å². The summed E-state index contributed by atoms with van der Waals surface area (Å²) in [4.78, 5) is 39.2. The van der Waals surface area contributed by atoms with Gasteiger partial charge in [0, 0.05) is 24.2 Å². The Hall–Kier alpha value is -4.46. The summed E-state index contributed by atoms with van der Waals surface area (Å²) in [5.74, 6) is -0.292. The molecule has 3 aromatic carbocycles. The zero-order valence-corrected chi connectivity index (χ0v) is 17.1. The smallest absolute Gasteiger partial charge is 0.251 e. The molecule has 8 heteroatoms. The van der Waals surface area contributed by atoms with Gasteiger partial charge in [-0.25, -0.2) is 9.97 Å². The number of nitrogens with zero attached hydrogens (tertiary/aromatic N) is 2. The highest BCUT2D eigenvalue weighted by Gasteiger charge is 2.09. The van der Waals surface area contributed by atoms with Gasteiger partial charge in [0.2, 0.25) is 0 Å². The highest BCUT2D eigenvalue weighted by Crippen LogP contribution is 2.13. The minimum atomic E-state index is -0.146. The number of benzene rings is 3. The van der Waals surface area contributed by atoms with Crippen molar-refractivity contribution in [3.05, 3.63) is 95.6 Å². The molecule has 2 aromatic heterocycles. The second-order valence-corrected chi connectivity index (χ2v) is 7.45. The molecule has 0 aliphatic carbocycles. The first-order valence-corrected chi connectivity index (χ1v) is 10.2. The second-order valence-electron chi connectivity index (χ2n) is 7.45. The fourth-order valence-corrected chi connectivity index (χ4v) is 3.50. The number of carbonyl (C=O) groups is 2. The van der Waals surface area contributed by atoms with E-state index in [1.807, 2.05) is 36.4 Å².